The van der Waals surface area contributed by atoms with Gasteiger partial charge in [0, 0.05) is 0 Å². The van der Waals surface area contributed by atoms with Gasteiger partial charge in [-0.3, -0.25) is 4.52 Å². The highest BCUT2D eigenvalue weighted by atomic mass is 31.2. The fourth-order valence-electron chi connectivity index (χ4n) is 5.23. The molecule has 5 aromatic rings. The zero-order chi connectivity index (χ0) is 33.7. The smallest absolute Gasteiger partial charge is 0.455 e. The summed E-state index contributed by atoms with van der Waals surface area (Å²) in [4.78, 5) is 13.7. The fourth-order valence-corrected chi connectivity index (χ4v) is 6.46. The third kappa shape index (κ3) is 9.89. The van der Waals surface area contributed by atoms with Crippen LogP contribution in [0.1, 0.15) is 16.7 Å². The van der Waals surface area contributed by atoms with Crippen LogP contribution in [0, 0.1) is 0 Å². The largest absolute Gasteiger partial charge is 0.587 e. The highest BCUT2D eigenvalue weighted by Crippen LogP contribution is 2.50. The van der Waals surface area contributed by atoms with Crippen molar-refractivity contribution in [2.24, 2.45) is 0 Å². The average Bonchev–Trinajstić information content (AvgIpc) is 3.14. The van der Waals surface area contributed by atoms with E-state index in [2.05, 4.69) is 0 Å². The zero-order valence-corrected chi connectivity index (χ0v) is 27.6. The predicted octanol–water partition coefficient (Wildman–Crippen LogP) is 7.95. The summed E-state index contributed by atoms with van der Waals surface area (Å²) in [5.74, 6) is -0.111. The maximum Gasteiger partial charge on any atom is 0.587 e. The lowest BCUT2D eigenvalue weighted by Crippen LogP contribution is -2.59. The lowest BCUT2D eigenvalue weighted by molar-refractivity contribution is -0.236. The van der Waals surface area contributed by atoms with Gasteiger partial charge in [-0.2, -0.15) is 0 Å². The van der Waals surface area contributed by atoms with Crippen LogP contribution < -0.4 is 9.05 Å². The minimum absolute atomic E-state index is 0.142. The summed E-state index contributed by atoms with van der Waals surface area (Å²) in [7, 11) is -4.32. The van der Waals surface area contributed by atoms with Gasteiger partial charge in [-0.1, -0.05) is 127 Å². The molecule has 9 nitrogen and oxygen atoms in total. The topological polar surface area (TPSA) is 98.8 Å². The Morgan fingerprint density at radius 3 is 1.35 bits per heavy atom. The van der Waals surface area contributed by atoms with E-state index in [1.54, 1.807) is 60.7 Å². The Balaban J connectivity index is 1.28. The minimum Gasteiger partial charge on any atom is -0.455 e. The fraction of sp³-hybridized carbons (Fsp3) is 0.205. The van der Waals surface area contributed by atoms with Gasteiger partial charge in [-0.25, -0.2) is 9.36 Å². The molecule has 4 atom stereocenters. The van der Waals surface area contributed by atoms with E-state index in [0.29, 0.717) is 0 Å². The number of phosphoric acid groups is 1. The van der Waals surface area contributed by atoms with Gasteiger partial charge in [0.15, 0.2) is 12.2 Å². The van der Waals surface area contributed by atoms with Crippen molar-refractivity contribution in [2.75, 3.05) is 6.61 Å². The van der Waals surface area contributed by atoms with Crippen LogP contribution in [-0.4, -0.2) is 37.0 Å². The normalized spacial score (nSPS) is 19.1. The van der Waals surface area contributed by atoms with Gasteiger partial charge in [0.05, 0.1) is 19.8 Å². The molecule has 1 saturated heterocycles. The maximum atomic E-state index is 14.2. The Kier molecular flexibility index (Phi) is 11.9. The summed E-state index contributed by atoms with van der Waals surface area (Å²) >= 11 is 0. The van der Waals surface area contributed by atoms with Gasteiger partial charge >= 0.3 is 13.8 Å². The van der Waals surface area contributed by atoms with Crippen molar-refractivity contribution in [1.82, 2.24) is 0 Å². The van der Waals surface area contributed by atoms with E-state index in [-0.39, 0.29) is 31.3 Å². The molecule has 0 aromatic heterocycles. The number of phosphoric ester groups is 1. The number of benzene rings is 5. The molecule has 49 heavy (non-hydrogen) atoms. The van der Waals surface area contributed by atoms with Crippen molar-refractivity contribution in [2.45, 2.75) is 44.2 Å². The van der Waals surface area contributed by atoms with Crippen LogP contribution >= 0.6 is 7.82 Å². The molecule has 0 bridgehead atoms. The second-order valence-electron chi connectivity index (χ2n) is 11.3. The number of carbonyl (C=O) groups excluding carboxylic acids is 1. The molecule has 1 aliphatic rings. The first-order valence-electron chi connectivity index (χ1n) is 16.0. The van der Waals surface area contributed by atoms with E-state index in [4.69, 9.17) is 32.5 Å². The number of cyclic esters (lactones) is 1. The molecule has 10 heteroatoms. The molecule has 1 heterocycles. The van der Waals surface area contributed by atoms with Crippen molar-refractivity contribution in [3.63, 3.8) is 0 Å². The van der Waals surface area contributed by atoms with Crippen LogP contribution in [0.25, 0.3) is 0 Å². The van der Waals surface area contributed by atoms with E-state index >= 15 is 0 Å². The van der Waals surface area contributed by atoms with Gasteiger partial charge in [-0.05, 0) is 41.0 Å². The van der Waals surface area contributed by atoms with E-state index in [0.717, 1.165) is 16.7 Å². The Labute approximate surface area is 285 Å². The van der Waals surface area contributed by atoms with Crippen LogP contribution in [0.5, 0.6) is 11.5 Å². The summed E-state index contributed by atoms with van der Waals surface area (Å²) in [5.41, 5.74) is 2.67. The van der Waals surface area contributed by atoms with Gasteiger partial charge in [-0.15, -0.1) is 0 Å². The van der Waals surface area contributed by atoms with Crippen LogP contribution in [0.15, 0.2) is 152 Å². The SMILES string of the molecule is O=C1OC(COP(=O)(Oc2ccccc2)Oc2ccccc2)[C@@H](OCc2ccccc2)C(OCc2ccccc2)C1OCc1ccccc1. The Morgan fingerprint density at radius 1 is 0.510 bits per heavy atom. The summed E-state index contributed by atoms with van der Waals surface area (Å²) < 4.78 is 56.8. The number of carbonyl (C=O) groups is 1. The molecule has 5 aromatic carbocycles. The van der Waals surface area contributed by atoms with Crippen LogP contribution in [-0.2, 0) is 52.7 Å². The Bertz CT molecular complexity index is 1710. The quantitative estimate of drug-likeness (QED) is 0.0760. The molecule has 3 unspecified atom stereocenters. The first kappa shape index (κ1) is 34.1. The second-order valence-corrected chi connectivity index (χ2v) is 12.8. The first-order valence-corrected chi connectivity index (χ1v) is 17.4. The molecule has 6 rings (SSSR count). The Hall–Kier alpha value is -4.76. The van der Waals surface area contributed by atoms with Crippen molar-refractivity contribution in [3.05, 3.63) is 168 Å². The van der Waals surface area contributed by atoms with Crippen LogP contribution in [0.3, 0.4) is 0 Å². The van der Waals surface area contributed by atoms with E-state index in [9.17, 15) is 9.36 Å². The summed E-state index contributed by atoms with van der Waals surface area (Å²) in [6.45, 7) is 0.104. The number of esters is 1. The molecule has 252 valence electrons. The molecular formula is C39H37O9P. The van der Waals surface area contributed by atoms with Gasteiger partial charge in [0.25, 0.3) is 0 Å². The second kappa shape index (κ2) is 17.1. The number of ether oxygens (including phenoxy) is 4. The van der Waals surface area contributed by atoms with Crippen LogP contribution in [0.2, 0.25) is 0 Å². The van der Waals surface area contributed by atoms with Crippen molar-refractivity contribution >= 4 is 13.8 Å². The van der Waals surface area contributed by atoms with Gasteiger partial charge in [0.1, 0.15) is 30.3 Å². The number of rotatable bonds is 16. The molecule has 0 saturated carbocycles. The summed E-state index contributed by atoms with van der Waals surface area (Å²) in [6, 6.07) is 45.8. The third-order valence-electron chi connectivity index (χ3n) is 7.65. The number of hydrogen-bond acceptors (Lipinski definition) is 9. The molecule has 0 amide bonds. The van der Waals surface area contributed by atoms with E-state index < -0.39 is 44.8 Å². The van der Waals surface area contributed by atoms with Crippen LogP contribution in [0.4, 0.5) is 0 Å². The monoisotopic (exact) mass is 680 g/mol. The van der Waals surface area contributed by atoms with Crippen molar-refractivity contribution < 1.29 is 41.9 Å². The zero-order valence-electron chi connectivity index (χ0n) is 26.7. The maximum absolute atomic E-state index is 14.2. The summed E-state index contributed by atoms with van der Waals surface area (Å²) in [5, 5.41) is 0. The van der Waals surface area contributed by atoms with Gasteiger partial charge in [0.2, 0.25) is 0 Å². The minimum atomic E-state index is -4.32. The standard InChI is InChI=1S/C39H37O9P/c40-39-38(44-28-32-20-10-3-11-21-32)37(43-27-31-18-8-2-9-19-31)36(42-26-30-16-6-1-7-17-30)35(46-39)29-45-49(41,47-33-22-12-4-13-23-33)48-34-24-14-5-15-25-34/h1-25,35-38H,26-29H2/t35?,36-,37?,38?/m1/s1. The average molecular weight is 681 g/mol. The lowest BCUT2D eigenvalue weighted by Gasteiger charge is -2.41. The summed E-state index contributed by atoms with van der Waals surface area (Å²) in [6.07, 6.45) is -4.02. The van der Waals surface area contributed by atoms with Crippen molar-refractivity contribution in [1.29, 1.82) is 0 Å². The van der Waals surface area contributed by atoms with E-state index in [1.807, 2.05) is 91.0 Å². The molecule has 1 fully saturated rings. The lowest BCUT2D eigenvalue weighted by atomic mass is 9.98. The highest BCUT2D eigenvalue weighted by Gasteiger charge is 2.50. The highest BCUT2D eigenvalue weighted by molar-refractivity contribution is 7.49. The molecule has 0 radical (unpaired) electrons. The van der Waals surface area contributed by atoms with Gasteiger partial charge < -0.3 is 28.0 Å². The van der Waals surface area contributed by atoms with Crippen molar-refractivity contribution in [3.8, 4) is 11.5 Å². The van der Waals surface area contributed by atoms with E-state index in [1.165, 1.54) is 0 Å². The molecule has 0 N–H and O–H groups in total. The third-order valence-corrected chi connectivity index (χ3v) is 8.98. The first-order chi connectivity index (χ1) is 24.0. The number of para-hydroxylation sites is 2. The Morgan fingerprint density at radius 2 is 0.898 bits per heavy atom. The molecular weight excluding hydrogens is 643 g/mol. The predicted molar refractivity (Wildman–Crippen MR) is 183 cm³/mol. The molecule has 0 aliphatic carbocycles. The number of hydrogen-bond donors (Lipinski definition) is 0. The molecule has 0 spiro atoms. The molecule has 1 aliphatic heterocycles.